The zero-order valence-corrected chi connectivity index (χ0v) is 14.9. The molecule has 1 aromatic carbocycles. The third-order valence-electron chi connectivity index (χ3n) is 4.62. The van der Waals surface area contributed by atoms with Gasteiger partial charge < -0.3 is 14.9 Å². The summed E-state index contributed by atoms with van der Waals surface area (Å²) in [7, 11) is 1.73. The van der Waals surface area contributed by atoms with Gasteiger partial charge >= 0.3 is 0 Å². The van der Waals surface area contributed by atoms with Crippen LogP contribution in [-0.4, -0.2) is 58.2 Å². The highest BCUT2D eigenvalue weighted by molar-refractivity contribution is 5.94. The third-order valence-corrected chi connectivity index (χ3v) is 4.62. The van der Waals surface area contributed by atoms with E-state index in [4.69, 9.17) is 0 Å². The number of likely N-dealkylation sites (N-methyl/N-ethyl adjacent to an activating group) is 1. The van der Waals surface area contributed by atoms with Gasteiger partial charge in [0.2, 0.25) is 0 Å². The number of β-amino-alcohol motifs (C(OH)–C–C–N with tert-alkyl or cyclic N) is 1. The predicted molar refractivity (Wildman–Crippen MR) is 96.7 cm³/mol. The zero-order chi connectivity index (χ0) is 18.0. The lowest BCUT2D eigenvalue weighted by atomic mass is 10.0. The van der Waals surface area contributed by atoms with Crippen molar-refractivity contribution in [1.82, 2.24) is 14.9 Å². The Morgan fingerprint density at radius 2 is 2.00 bits per heavy atom. The smallest absolute Gasteiger partial charge is 0.253 e. The number of rotatable bonds is 4. The first-order chi connectivity index (χ1) is 11.9. The van der Waals surface area contributed by atoms with Gasteiger partial charge in [-0.3, -0.25) is 4.79 Å². The lowest BCUT2D eigenvalue weighted by Crippen LogP contribution is -2.45. The van der Waals surface area contributed by atoms with Gasteiger partial charge in [0.1, 0.15) is 17.7 Å². The molecule has 3 rings (SSSR count). The normalized spacial score (nSPS) is 19.9. The van der Waals surface area contributed by atoms with E-state index in [2.05, 4.69) is 9.97 Å². The van der Waals surface area contributed by atoms with Gasteiger partial charge in [0.15, 0.2) is 0 Å². The van der Waals surface area contributed by atoms with Gasteiger partial charge in [-0.2, -0.15) is 0 Å². The van der Waals surface area contributed by atoms with Crippen molar-refractivity contribution in [3.8, 4) is 0 Å². The molecule has 6 heteroatoms. The lowest BCUT2D eigenvalue weighted by Gasteiger charge is -2.29. The minimum atomic E-state index is -0.937. The first-order valence-electron chi connectivity index (χ1n) is 8.44. The van der Waals surface area contributed by atoms with Crippen LogP contribution in [0.4, 0.5) is 5.82 Å². The average molecular weight is 340 g/mol. The highest BCUT2D eigenvalue weighted by Crippen LogP contribution is 2.26. The first kappa shape index (κ1) is 17.4. The number of aliphatic hydroxyl groups is 1. The molecule has 1 aromatic heterocycles. The van der Waals surface area contributed by atoms with Crippen LogP contribution in [0.2, 0.25) is 0 Å². The van der Waals surface area contributed by atoms with E-state index < -0.39 is 5.60 Å². The Morgan fingerprint density at radius 3 is 2.68 bits per heavy atom. The summed E-state index contributed by atoms with van der Waals surface area (Å²) < 4.78 is 0. The van der Waals surface area contributed by atoms with Crippen LogP contribution in [-0.2, 0) is 0 Å². The number of hydrogen-bond donors (Lipinski definition) is 1. The first-order valence-corrected chi connectivity index (χ1v) is 8.44. The minimum Gasteiger partial charge on any atom is -0.386 e. The Labute approximate surface area is 148 Å². The fourth-order valence-corrected chi connectivity index (χ4v) is 3.22. The molecule has 6 nitrogen and oxygen atoms in total. The molecule has 1 aliphatic rings. The molecule has 1 N–H and O–H groups in total. The number of aryl methyl sites for hydroxylation is 2. The Kier molecular flexibility index (Phi) is 4.72. The van der Waals surface area contributed by atoms with Gasteiger partial charge in [0.05, 0.1) is 6.54 Å². The van der Waals surface area contributed by atoms with Crippen molar-refractivity contribution in [2.45, 2.75) is 25.9 Å². The maximum Gasteiger partial charge on any atom is 0.253 e. The summed E-state index contributed by atoms with van der Waals surface area (Å²) in [6, 6.07) is 9.40. The molecule has 1 amide bonds. The maximum absolute atomic E-state index is 12.6. The van der Waals surface area contributed by atoms with E-state index in [1.54, 1.807) is 11.9 Å². The largest absolute Gasteiger partial charge is 0.386 e. The summed E-state index contributed by atoms with van der Waals surface area (Å²) in [6.45, 7) is 5.36. The van der Waals surface area contributed by atoms with Crippen molar-refractivity contribution in [3.05, 3.63) is 53.5 Å². The van der Waals surface area contributed by atoms with Crippen molar-refractivity contribution in [2.24, 2.45) is 0 Å². The topological polar surface area (TPSA) is 69.6 Å². The molecular weight excluding hydrogens is 316 g/mol. The van der Waals surface area contributed by atoms with Crippen LogP contribution in [0, 0.1) is 13.8 Å². The van der Waals surface area contributed by atoms with Gasteiger partial charge in [-0.15, -0.1) is 0 Å². The monoisotopic (exact) mass is 340 g/mol. The second kappa shape index (κ2) is 6.80. The van der Waals surface area contributed by atoms with E-state index in [0.29, 0.717) is 31.6 Å². The van der Waals surface area contributed by atoms with Crippen LogP contribution in [0.3, 0.4) is 0 Å². The van der Waals surface area contributed by atoms with Crippen LogP contribution in [0.5, 0.6) is 0 Å². The number of anilines is 1. The van der Waals surface area contributed by atoms with Gasteiger partial charge in [-0.1, -0.05) is 17.7 Å². The van der Waals surface area contributed by atoms with Gasteiger partial charge in [0.25, 0.3) is 5.91 Å². The summed E-state index contributed by atoms with van der Waals surface area (Å²) >= 11 is 0. The Morgan fingerprint density at radius 1 is 1.28 bits per heavy atom. The third kappa shape index (κ3) is 3.96. The minimum absolute atomic E-state index is 0.0789. The van der Waals surface area contributed by atoms with Crippen molar-refractivity contribution in [3.63, 3.8) is 0 Å². The summed E-state index contributed by atoms with van der Waals surface area (Å²) in [5, 5.41) is 10.9. The van der Waals surface area contributed by atoms with E-state index in [-0.39, 0.29) is 5.91 Å². The highest BCUT2D eigenvalue weighted by Gasteiger charge is 2.38. The molecule has 2 heterocycles. The number of carbonyl (C=O) groups is 1. The van der Waals surface area contributed by atoms with Crippen molar-refractivity contribution < 1.29 is 9.90 Å². The summed E-state index contributed by atoms with van der Waals surface area (Å²) in [5.41, 5.74) is 1.71. The summed E-state index contributed by atoms with van der Waals surface area (Å²) in [6.07, 6.45) is 2.14. The quantitative estimate of drug-likeness (QED) is 0.919. The molecule has 2 aromatic rings. The molecule has 0 bridgehead atoms. The second-order valence-corrected chi connectivity index (χ2v) is 6.94. The predicted octanol–water partition coefficient (Wildman–Crippen LogP) is 1.81. The molecule has 1 saturated heterocycles. The van der Waals surface area contributed by atoms with Gasteiger partial charge in [0, 0.05) is 37.5 Å². The van der Waals surface area contributed by atoms with E-state index in [9.17, 15) is 9.90 Å². The molecule has 0 saturated carbocycles. The number of aromatic nitrogens is 2. The molecule has 0 unspecified atom stereocenters. The maximum atomic E-state index is 12.6. The van der Waals surface area contributed by atoms with E-state index >= 15 is 0 Å². The molecular formula is C19H24N4O2. The molecule has 1 atom stereocenters. The van der Waals surface area contributed by atoms with Crippen LogP contribution in [0.1, 0.15) is 28.0 Å². The van der Waals surface area contributed by atoms with E-state index in [0.717, 1.165) is 17.1 Å². The van der Waals surface area contributed by atoms with Crippen LogP contribution < -0.4 is 4.90 Å². The zero-order valence-electron chi connectivity index (χ0n) is 14.9. The SMILES string of the molecule is Cc1ccc(C(=O)N(C)C[C@]2(O)CCN(c3cc(C)ncn3)C2)cc1. The van der Waals surface area contributed by atoms with Gasteiger partial charge in [-0.05, 0) is 32.4 Å². The molecule has 25 heavy (non-hydrogen) atoms. The Balaban J connectivity index is 1.66. The van der Waals surface area contributed by atoms with Crippen molar-refractivity contribution >= 4 is 11.7 Å². The van der Waals surface area contributed by atoms with E-state index in [1.165, 1.54) is 6.33 Å². The molecule has 1 fully saturated rings. The highest BCUT2D eigenvalue weighted by atomic mass is 16.3. The standard InChI is InChI=1S/C19H24N4O2/c1-14-4-6-16(7-5-14)18(24)22(3)11-19(25)8-9-23(12-19)17-10-15(2)20-13-21-17/h4-7,10,13,25H,8-9,11-12H2,1-3H3/t19-/m1/s1. The van der Waals surface area contributed by atoms with Crippen LogP contribution >= 0.6 is 0 Å². The molecule has 0 spiro atoms. The van der Waals surface area contributed by atoms with Crippen molar-refractivity contribution in [2.75, 3.05) is 31.6 Å². The number of benzene rings is 1. The number of amides is 1. The summed E-state index contributed by atoms with van der Waals surface area (Å²) in [5.74, 6) is 0.737. The van der Waals surface area contributed by atoms with Gasteiger partial charge in [-0.25, -0.2) is 9.97 Å². The van der Waals surface area contributed by atoms with E-state index in [1.807, 2.05) is 49.1 Å². The molecule has 0 aliphatic carbocycles. The molecule has 132 valence electrons. The lowest BCUT2D eigenvalue weighted by molar-refractivity contribution is 0.0264. The fourth-order valence-electron chi connectivity index (χ4n) is 3.22. The molecule has 0 radical (unpaired) electrons. The van der Waals surface area contributed by atoms with Crippen LogP contribution in [0.15, 0.2) is 36.7 Å². The molecule has 1 aliphatic heterocycles. The second-order valence-electron chi connectivity index (χ2n) is 6.94. The number of nitrogens with zero attached hydrogens (tertiary/aromatic N) is 4. The number of carbonyl (C=O) groups excluding carboxylic acids is 1. The Hall–Kier alpha value is -2.47. The van der Waals surface area contributed by atoms with Crippen LogP contribution in [0.25, 0.3) is 0 Å². The summed E-state index contributed by atoms with van der Waals surface area (Å²) in [4.78, 5) is 24.6. The average Bonchev–Trinajstić information content (AvgIpc) is 2.97. The fraction of sp³-hybridized carbons (Fsp3) is 0.421. The Bertz CT molecular complexity index is 762. The van der Waals surface area contributed by atoms with Crippen molar-refractivity contribution in [1.29, 1.82) is 0 Å². The number of hydrogen-bond acceptors (Lipinski definition) is 5.